The van der Waals surface area contributed by atoms with Crippen LogP contribution in [0, 0.1) is 12.3 Å². The highest BCUT2D eigenvalue weighted by atomic mass is 32.1. The van der Waals surface area contributed by atoms with Crippen LogP contribution < -0.4 is 5.43 Å². The molecule has 2 aromatic rings. The molecular weight excluding hydrogens is 420 g/mol. The first kappa shape index (κ1) is 20.6. The fraction of sp³-hybridized carbons (Fsp3) is 0.286. The van der Waals surface area contributed by atoms with Crippen LogP contribution in [0.2, 0.25) is 0 Å². The van der Waals surface area contributed by atoms with E-state index in [-0.39, 0.29) is 29.3 Å². The molecular formula is C21H18N4O5S. The Labute approximate surface area is 182 Å². The van der Waals surface area contributed by atoms with Gasteiger partial charge in [0.15, 0.2) is 6.61 Å². The molecule has 1 aromatic heterocycles. The maximum atomic E-state index is 12.6. The van der Waals surface area contributed by atoms with Gasteiger partial charge in [-0.1, -0.05) is 18.1 Å². The van der Waals surface area contributed by atoms with Crippen molar-refractivity contribution in [2.45, 2.75) is 18.8 Å². The zero-order valence-corrected chi connectivity index (χ0v) is 17.2. The quantitative estimate of drug-likeness (QED) is 0.578. The average Bonchev–Trinajstić information content (AvgIpc) is 3.38. The number of thiazole rings is 1. The van der Waals surface area contributed by atoms with Crippen molar-refractivity contribution < 1.29 is 23.9 Å². The summed E-state index contributed by atoms with van der Waals surface area (Å²) in [7, 11) is 0. The van der Waals surface area contributed by atoms with Crippen molar-refractivity contribution in [3.8, 4) is 12.3 Å². The second-order valence-electron chi connectivity index (χ2n) is 7.02. The predicted molar refractivity (Wildman–Crippen MR) is 110 cm³/mol. The van der Waals surface area contributed by atoms with Gasteiger partial charge < -0.3 is 9.64 Å². The summed E-state index contributed by atoms with van der Waals surface area (Å²) in [5.74, 6) is 0.577. The van der Waals surface area contributed by atoms with Crippen LogP contribution in [-0.4, -0.2) is 58.4 Å². The molecule has 4 amide bonds. The highest BCUT2D eigenvalue weighted by Gasteiger charge is 2.37. The van der Waals surface area contributed by atoms with E-state index in [2.05, 4.69) is 16.3 Å². The number of aromatic nitrogens is 1. The number of nitrogens with one attached hydrogen (secondary N) is 1. The lowest BCUT2D eigenvalue weighted by atomic mass is 9.98. The Bertz CT molecular complexity index is 1060. The van der Waals surface area contributed by atoms with Crippen molar-refractivity contribution in [3.05, 3.63) is 51.5 Å². The minimum atomic E-state index is -0.632. The number of fused-ring (bicyclic) bond motifs is 1. The van der Waals surface area contributed by atoms with Crippen LogP contribution in [0.15, 0.2) is 29.6 Å². The summed E-state index contributed by atoms with van der Waals surface area (Å²) in [5.41, 5.74) is 2.98. The Balaban J connectivity index is 1.36. The lowest BCUT2D eigenvalue weighted by molar-refractivity contribution is 0.0516. The number of rotatable bonds is 4. The maximum Gasteiger partial charge on any atom is 0.410 e. The van der Waals surface area contributed by atoms with E-state index in [0.717, 1.165) is 5.01 Å². The SMILES string of the molecule is C#CCOC(=O)N1CCC(c2nc(C(=O)NN3C(=O)c4ccccc4C3=O)cs2)CC1. The topological polar surface area (TPSA) is 109 Å². The predicted octanol–water partition coefficient (Wildman–Crippen LogP) is 2.03. The average molecular weight is 438 g/mol. The van der Waals surface area contributed by atoms with Gasteiger partial charge in [-0.05, 0) is 25.0 Å². The van der Waals surface area contributed by atoms with Gasteiger partial charge in [-0.25, -0.2) is 9.78 Å². The van der Waals surface area contributed by atoms with Crippen LogP contribution in [0.3, 0.4) is 0 Å². The number of hydrazine groups is 1. The van der Waals surface area contributed by atoms with Crippen molar-refractivity contribution in [2.75, 3.05) is 19.7 Å². The number of imide groups is 1. The van der Waals surface area contributed by atoms with Crippen molar-refractivity contribution in [1.82, 2.24) is 20.3 Å². The number of likely N-dealkylation sites (tertiary alicyclic amines) is 1. The number of hydrogen-bond donors (Lipinski definition) is 1. The van der Waals surface area contributed by atoms with Gasteiger partial charge in [0, 0.05) is 24.4 Å². The number of carbonyl (C=O) groups excluding carboxylic acids is 4. The van der Waals surface area contributed by atoms with Crippen molar-refractivity contribution in [2.24, 2.45) is 0 Å². The van der Waals surface area contributed by atoms with Gasteiger partial charge in [0.2, 0.25) is 0 Å². The molecule has 3 heterocycles. The molecule has 1 saturated heterocycles. The van der Waals surface area contributed by atoms with E-state index in [1.54, 1.807) is 22.4 Å². The van der Waals surface area contributed by atoms with E-state index >= 15 is 0 Å². The molecule has 10 heteroatoms. The van der Waals surface area contributed by atoms with Gasteiger partial charge in [0.05, 0.1) is 16.1 Å². The van der Waals surface area contributed by atoms with Crippen molar-refractivity contribution in [1.29, 1.82) is 0 Å². The van der Waals surface area contributed by atoms with Crippen molar-refractivity contribution >= 4 is 35.2 Å². The first-order valence-electron chi connectivity index (χ1n) is 9.59. The minimum Gasteiger partial charge on any atom is -0.436 e. The van der Waals surface area contributed by atoms with E-state index in [1.165, 1.54) is 23.5 Å². The van der Waals surface area contributed by atoms with Gasteiger partial charge >= 0.3 is 6.09 Å². The molecule has 0 saturated carbocycles. The van der Waals surface area contributed by atoms with Crippen LogP contribution >= 0.6 is 11.3 Å². The molecule has 0 unspecified atom stereocenters. The molecule has 0 bridgehead atoms. The third-order valence-electron chi connectivity index (χ3n) is 5.14. The Kier molecular flexibility index (Phi) is 5.68. The highest BCUT2D eigenvalue weighted by molar-refractivity contribution is 7.09. The van der Waals surface area contributed by atoms with Gasteiger partial charge in [-0.2, -0.15) is 5.01 Å². The van der Waals surface area contributed by atoms with Crippen molar-refractivity contribution in [3.63, 3.8) is 0 Å². The molecule has 1 N–H and O–H groups in total. The molecule has 2 aliphatic rings. The van der Waals surface area contributed by atoms with Gasteiger partial charge in [-0.3, -0.25) is 19.8 Å². The highest BCUT2D eigenvalue weighted by Crippen LogP contribution is 2.30. The number of ether oxygens (including phenoxy) is 1. The summed E-state index contributed by atoms with van der Waals surface area (Å²) in [4.78, 5) is 55.2. The molecule has 0 spiro atoms. The third-order valence-corrected chi connectivity index (χ3v) is 6.15. The van der Waals surface area contributed by atoms with Gasteiger partial charge in [0.25, 0.3) is 17.7 Å². The number of piperidine rings is 1. The number of carbonyl (C=O) groups is 4. The van der Waals surface area contributed by atoms with E-state index < -0.39 is 23.8 Å². The summed E-state index contributed by atoms with van der Waals surface area (Å²) >= 11 is 1.33. The smallest absolute Gasteiger partial charge is 0.410 e. The fourth-order valence-corrected chi connectivity index (χ4v) is 4.50. The van der Waals surface area contributed by atoms with Crippen LogP contribution in [0.25, 0.3) is 0 Å². The zero-order valence-electron chi connectivity index (χ0n) is 16.4. The summed E-state index contributed by atoms with van der Waals surface area (Å²) in [5, 5.41) is 3.08. The zero-order chi connectivity index (χ0) is 22.0. The Morgan fingerprint density at radius 1 is 1.19 bits per heavy atom. The second kappa shape index (κ2) is 8.57. The summed E-state index contributed by atoms with van der Waals surface area (Å²) in [6, 6.07) is 6.39. The van der Waals surface area contributed by atoms with E-state index in [1.807, 2.05) is 0 Å². The number of nitrogens with zero attached hydrogens (tertiary/aromatic N) is 3. The monoisotopic (exact) mass is 438 g/mol. The number of benzene rings is 1. The molecule has 4 rings (SSSR count). The van der Waals surface area contributed by atoms with Crippen LogP contribution in [0.1, 0.15) is 55.0 Å². The Hall–Kier alpha value is -3.71. The molecule has 0 atom stereocenters. The molecule has 0 radical (unpaired) electrons. The van der Waals surface area contributed by atoms with Crippen LogP contribution in [-0.2, 0) is 4.74 Å². The lowest BCUT2D eigenvalue weighted by Gasteiger charge is -2.30. The summed E-state index contributed by atoms with van der Waals surface area (Å²) < 4.78 is 4.94. The third kappa shape index (κ3) is 4.00. The minimum absolute atomic E-state index is 0.0587. The number of amides is 4. The molecule has 1 aromatic carbocycles. The van der Waals surface area contributed by atoms with E-state index in [9.17, 15) is 19.2 Å². The van der Waals surface area contributed by atoms with Gasteiger partial charge in [-0.15, -0.1) is 17.8 Å². The van der Waals surface area contributed by atoms with E-state index in [4.69, 9.17) is 11.2 Å². The Morgan fingerprint density at radius 3 is 2.45 bits per heavy atom. The maximum absolute atomic E-state index is 12.6. The summed E-state index contributed by atoms with van der Waals surface area (Å²) in [6.07, 6.45) is 6.02. The second-order valence-corrected chi connectivity index (χ2v) is 7.91. The Morgan fingerprint density at radius 2 is 1.84 bits per heavy atom. The number of hydrogen-bond acceptors (Lipinski definition) is 7. The van der Waals surface area contributed by atoms with Gasteiger partial charge in [0.1, 0.15) is 5.69 Å². The fourth-order valence-electron chi connectivity index (χ4n) is 3.53. The first-order chi connectivity index (χ1) is 15.0. The van der Waals surface area contributed by atoms with Crippen LogP contribution in [0.5, 0.6) is 0 Å². The van der Waals surface area contributed by atoms with Crippen LogP contribution in [0.4, 0.5) is 4.79 Å². The molecule has 2 aliphatic heterocycles. The normalized spacial score (nSPS) is 16.1. The molecule has 158 valence electrons. The van der Waals surface area contributed by atoms with E-state index in [0.29, 0.717) is 30.9 Å². The standard InChI is InChI=1S/C21H18N4O5S/c1-2-11-30-21(29)24-9-7-13(8-10-24)18-22-16(12-31-18)17(26)23-25-19(27)14-5-3-4-6-15(14)20(25)28/h1,3-6,12-13H,7-11H2,(H,23,26). The molecule has 9 nitrogen and oxygen atoms in total. The summed E-state index contributed by atoms with van der Waals surface area (Å²) in [6.45, 7) is 0.950. The molecule has 0 aliphatic carbocycles. The number of terminal acetylenes is 1. The molecule has 1 fully saturated rings. The molecule has 31 heavy (non-hydrogen) atoms. The largest absolute Gasteiger partial charge is 0.436 e. The lowest BCUT2D eigenvalue weighted by Crippen LogP contribution is -2.46. The first-order valence-corrected chi connectivity index (χ1v) is 10.5.